The smallest absolute Gasteiger partial charge is 0.337 e. The van der Waals surface area contributed by atoms with E-state index in [0.29, 0.717) is 5.75 Å². The molecule has 0 radical (unpaired) electrons. The number of hydrogen-bond acceptors (Lipinski definition) is 4. The highest BCUT2D eigenvalue weighted by Gasteiger charge is 2.14. The summed E-state index contributed by atoms with van der Waals surface area (Å²) < 4.78 is 5.00. The lowest BCUT2D eigenvalue weighted by molar-refractivity contribution is 0.0698. The van der Waals surface area contributed by atoms with Gasteiger partial charge in [0, 0.05) is 18.3 Å². The molecule has 2 rings (SSSR count). The van der Waals surface area contributed by atoms with Gasteiger partial charge in [-0.2, -0.15) is 0 Å². The van der Waals surface area contributed by atoms with Crippen LogP contribution in [0.4, 0.5) is 5.69 Å². The number of rotatable bonds is 4. The number of aromatic carboxylic acids is 1. The zero-order chi connectivity index (χ0) is 15.4. The van der Waals surface area contributed by atoms with Gasteiger partial charge in [-0.05, 0) is 18.2 Å². The molecule has 7 nitrogen and oxygen atoms in total. The summed E-state index contributed by atoms with van der Waals surface area (Å²) in [5, 5.41) is 11.6. The fraction of sp³-hybridized carbons (Fsp3) is 0.0714. The van der Waals surface area contributed by atoms with Crippen LogP contribution in [-0.2, 0) is 0 Å². The van der Waals surface area contributed by atoms with Gasteiger partial charge in [-0.25, -0.2) is 4.79 Å². The second kappa shape index (κ2) is 5.91. The summed E-state index contributed by atoms with van der Waals surface area (Å²) in [6.07, 6.45) is 1.25. The van der Waals surface area contributed by atoms with E-state index in [1.165, 1.54) is 43.6 Å². The number of ether oxygens (including phenoxy) is 1. The molecule has 0 unspecified atom stereocenters. The minimum Gasteiger partial charge on any atom is -0.497 e. The lowest BCUT2D eigenvalue weighted by atomic mass is 10.1. The number of carbonyl (C=O) groups is 2. The summed E-state index contributed by atoms with van der Waals surface area (Å²) in [6, 6.07) is 6.78. The number of nitrogens with one attached hydrogen (secondary N) is 2. The van der Waals surface area contributed by atoms with Gasteiger partial charge in [-0.1, -0.05) is 0 Å². The van der Waals surface area contributed by atoms with Crippen molar-refractivity contribution >= 4 is 17.6 Å². The van der Waals surface area contributed by atoms with Crippen molar-refractivity contribution in [3.63, 3.8) is 0 Å². The van der Waals surface area contributed by atoms with Crippen LogP contribution in [-0.4, -0.2) is 29.1 Å². The van der Waals surface area contributed by atoms with Gasteiger partial charge in [-0.15, -0.1) is 0 Å². The van der Waals surface area contributed by atoms with Crippen LogP contribution in [0.15, 0.2) is 41.3 Å². The Hall–Kier alpha value is -3.09. The SMILES string of the molecule is COc1ccc(C(=O)O)c(NC(=O)c2ccc(=O)[nH]c2)c1. The maximum atomic E-state index is 12.0. The van der Waals surface area contributed by atoms with Crippen molar-refractivity contribution < 1.29 is 19.4 Å². The number of aromatic nitrogens is 1. The molecule has 0 bridgehead atoms. The average Bonchev–Trinajstić information content (AvgIpc) is 2.47. The molecule has 0 aliphatic heterocycles. The van der Waals surface area contributed by atoms with Crippen LogP contribution < -0.4 is 15.6 Å². The Labute approximate surface area is 119 Å². The average molecular weight is 288 g/mol. The second-order valence-corrected chi connectivity index (χ2v) is 4.11. The van der Waals surface area contributed by atoms with Crippen molar-refractivity contribution in [3.05, 3.63) is 58.0 Å². The molecule has 0 atom stereocenters. The first kappa shape index (κ1) is 14.3. The van der Waals surface area contributed by atoms with E-state index in [2.05, 4.69) is 10.3 Å². The third kappa shape index (κ3) is 3.27. The van der Waals surface area contributed by atoms with Crippen molar-refractivity contribution in [3.8, 4) is 5.75 Å². The van der Waals surface area contributed by atoms with Crippen LogP contribution in [0.3, 0.4) is 0 Å². The maximum Gasteiger partial charge on any atom is 0.337 e. The number of carboxylic acids is 1. The van der Waals surface area contributed by atoms with Crippen LogP contribution in [0.1, 0.15) is 20.7 Å². The third-order valence-corrected chi connectivity index (χ3v) is 2.75. The van der Waals surface area contributed by atoms with Gasteiger partial charge in [-0.3, -0.25) is 9.59 Å². The van der Waals surface area contributed by atoms with E-state index in [9.17, 15) is 14.4 Å². The summed E-state index contributed by atoms with van der Waals surface area (Å²) in [7, 11) is 1.43. The Morgan fingerprint density at radius 3 is 2.57 bits per heavy atom. The van der Waals surface area contributed by atoms with Gasteiger partial charge in [0.05, 0.1) is 23.9 Å². The Morgan fingerprint density at radius 2 is 2.00 bits per heavy atom. The van der Waals surface area contributed by atoms with Crippen LogP contribution in [0.2, 0.25) is 0 Å². The van der Waals surface area contributed by atoms with E-state index in [-0.39, 0.29) is 22.4 Å². The van der Waals surface area contributed by atoms with Gasteiger partial charge in [0.1, 0.15) is 5.75 Å². The molecule has 1 amide bonds. The number of H-pyrrole nitrogens is 1. The largest absolute Gasteiger partial charge is 0.497 e. The van der Waals surface area contributed by atoms with Crippen LogP contribution in [0.5, 0.6) is 5.75 Å². The lowest BCUT2D eigenvalue weighted by Gasteiger charge is -2.10. The highest BCUT2D eigenvalue weighted by molar-refractivity contribution is 6.07. The second-order valence-electron chi connectivity index (χ2n) is 4.11. The minimum atomic E-state index is -1.17. The highest BCUT2D eigenvalue weighted by atomic mass is 16.5. The summed E-state index contributed by atoms with van der Waals surface area (Å²) in [6.45, 7) is 0. The maximum absolute atomic E-state index is 12.0. The molecule has 1 heterocycles. The molecule has 0 aliphatic rings. The molecule has 7 heteroatoms. The number of methoxy groups -OCH3 is 1. The summed E-state index contributed by atoms with van der Waals surface area (Å²) in [5.74, 6) is -1.30. The molecule has 108 valence electrons. The Balaban J connectivity index is 2.33. The van der Waals surface area contributed by atoms with Crippen molar-refractivity contribution in [1.29, 1.82) is 0 Å². The van der Waals surface area contributed by atoms with E-state index in [4.69, 9.17) is 9.84 Å². The van der Waals surface area contributed by atoms with Crippen LogP contribution >= 0.6 is 0 Å². The summed E-state index contributed by atoms with van der Waals surface area (Å²) >= 11 is 0. The fourth-order valence-electron chi connectivity index (χ4n) is 1.69. The van der Waals surface area contributed by atoms with Crippen molar-refractivity contribution in [2.75, 3.05) is 12.4 Å². The molecule has 0 fully saturated rings. The first-order valence-corrected chi connectivity index (χ1v) is 5.92. The number of benzene rings is 1. The highest BCUT2D eigenvalue weighted by Crippen LogP contribution is 2.23. The third-order valence-electron chi connectivity index (χ3n) is 2.75. The van der Waals surface area contributed by atoms with Gasteiger partial charge >= 0.3 is 5.97 Å². The molecule has 0 spiro atoms. The van der Waals surface area contributed by atoms with E-state index >= 15 is 0 Å². The van der Waals surface area contributed by atoms with E-state index in [0.717, 1.165) is 0 Å². The van der Waals surface area contributed by atoms with Gasteiger partial charge in [0.25, 0.3) is 5.91 Å². The zero-order valence-electron chi connectivity index (χ0n) is 11.0. The lowest BCUT2D eigenvalue weighted by Crippen LogP contribution is -2.16. The van der Waals surface area contributed by atoms with Gasteiger partial charge in [0.2, 0.25) is 5.56 Å². The molecule has 0 saturated carbocycles. The summed E-state index contributed by atoms with van der Waals surface area (Å²) in [4.78, 5) is 36.5. The molecule has 1 aromatic carbocycles. The Kier molecular flexibility index (Phi) is 4.03. The number of aromatic amines is 1. The normalized spacial score (nSPS) is 9.95. The number of carbonyl (C=O) groups excluding carboxylic acids is 1. The van der Waals surface area contributed by atoms with Crippen molar-refractivity contribution in [2.45, 2.75) is 0 Å². The molecule has 21 heavy (non-hydrogen) atoms. The Morgan fingerprint density at radius 1 is 1.24 bits per heavy atom. The number of amides is 1. The predicted octanol–water partition coefficient (Wildman–Crippen LogP) is 1.33. The molecule has 0 saturated heterocycles. The zero-order valence-corrected chi connectivity index (χ0v) is 11.0. The monoisotopic (exact) mass is 288 g/mol. The first-order chi connectivity index (χ1) is 10.0. The summed E-state index contributed by atoms with van der Waals surface area (Å²) in [5.41, 5.74) is -0.0838. The number of pyridine rings is 1. The van der Waals surface area contributed by atoms with Gasteiger partial charge < -0.3 is 20.1 Å². The Bertz CT molecular complexity index is 731. The van der Waals surface area contributed by atoms with Crippen molar-refractivity contribution in [2.24, 2.45) is 0 Å². The molecule has 1 aromatic heterocycles. The standard InChI is InChI=1S/C14H12N2O5/c1-21-9-3-4-10(14(19)20)11(6-9)16-13(18)8-2-5-12(17)15-7-8/h2-7H,1H3,(H,15,17)(H,16,18)(H,19,20). The van der Waals surface area contributed by atoms with Crippen LogP contribution in [0, 0.1) is 0 Å². The van der Waals surface area contributed by atoms with Gasteiger partial charge in [0.15, 0.2) is 0 Å². The van der Waals surface area contributed by atoms with E-state index in [1.807, 2.05) is 0 Å². The predicted molar refractivity (Wildman–Crippen MR) is 75.0 cm³/mol. The van der Waals surface area contributed by atoms with Crippen molar-refractivity contribution in [1.82, 2.24) is 4.98 Å². The molecule has 0 aliphatic carbocycles. The molecular weight excluding hydrogens is 276 g/mol. The number of anilines is 1. The molecular formula is C14H12N2O5. The number of hydrogen-bond donors (Lipinski definition) is 3. The minimum absolute atomic E-state index is 0.0615. The van der Waals surface area contributed by atoms with Crippen LogP contribution in [0.25, 0.3) is 0 Å². The molecule has 3 N–H and O–H groups in total. The fourth-order valence-corrected chi connectivity index (χ4v) is 1.69. The molecule has 2 aromatic rings. The van der Waals surface area contributed by atoms with E-state index in [1.54, 1.807) is 0 Å². The number of carboxylic acid groups (broad SMARTS) is 1. The first-order valence-electron chi connectivity index (χ1n) is 5.92. The quantitative estimate of drug-likeness (QED) is 0.786. The topological polar surface area (TPSA) is 108 Å². The van der Waals surface area contributed by atoms with E-state index < -0.39 is 11.9 Å².